The molecule has 1 fully saturated rings. The van der Waals surface area contributed by atoms with Gasteiger partial charge in [-0.25, -0.2) is 4.79 Å². The highest BCUT2D eigenvalue weighted by Gasteiger charge is 2.48. The number of benzene rings is 1. The molecule has 0 radical (unpaired) electrons. The van der Waals surface area contributed by atoms with Crippen molar-refractivity contribution < 1.29 is 19.4 Å². The number of ether oxygens (including phenoxy) is 1. The lowest BCUT2D eigenvalue weighted by Crippen LogP contribution is -2.46. The number of aliphatic hydroxyl groups is 1. The average molecular weight is 334 g/mol. The minimum absolute atomic E-state index is 0.0218. The lowest BCUT2D eigenvalue weighted by atomic mass is 9.93. The van der Waals surface area contributed by atoms with Gasteiger partial charge >= 0.3 is 6.03 Å². The highest BCUT2D eigenvalue weighted by Crippen LogP contribution is 2.25. The normalized spacial score (nSPS) is 17.8. The van der Waals surface area contributed by atoms with Gasteiger partial charge in [0.25, 0.3) is 5.91 Å². The number of amides is 3. The minimum Gasteiger partial charge on any atom is -0.490 e. The zero-order valence-corrected chi connectivity index (χ0v) is 14.8. The van der Waals surface area contributed by atoms with E-state index in [0.717, 1.165) is 21.8 Å². The molecule has 1 aromatic rings. The Labute approximate surface area is 142 Å². The number of carbonyl (C=O) groups excluding carboxylic acids is 2. The van der Waals surface area contributed by atoms with E-state index < -0.39 is 17.7 Å². The van der Waals surface area contributed by atoms with Crippen molar-refractivity contribution in [2.24, 2.45) is 0 Å². The summed E-state index contributed by atoms with van der Waals surface area (Å²) < 4.78 is 5.70. The molecule has 2 rings (SSSR count). The van der Waals surface area contributed by atoms with Gasteiger partial charge in [-0.2, -0.15) is 0 Å². The van der Waals surface area contributed by atoms with Crippen molar-refractivity contribution in [2.75, 3.05) is 13.2 Å². The third-order valence-electron chi connectivity index (χ3n) is 4.68. The molecule has 1 saturated heterocycles. The van der Waals surface area contributed by atoms with Crippen LogP contribution in [0.25, 0.3) is 0 Å². The van der Waals surface area contributed by atoms with E-state index in [0.29, 0.717) is 12.8 Å². The Bertz CT molecular complexity index is 605. The molecule has 2 N–H and O–H groups in total. The maximum Gasteiger partial charge on any atom is 0.325 e. The number of carbonyl (C=O) groups is 2. The number of para-hydroxylation sites is 1. The first-order chi connectivity index (χ1) is 11.3. The predicted octanol–water partition coefficient (Wildman–Crippen LogP) is 2.15. The highest BCUT2D eigenvalue weighted by atomic mass is 16.5. The van der Waals surface area contributed by atoms with Gasteiger partial charge in [0.2, 0.25) is 0 Å². The van der Waals surface area contributed by atoms with E-state index >= 15 is 0 Å². The van der Waals surface area contributed by atoms with Crippen LogP contribution in [0, 0.1) is 13.8 Å². The fourth-order valence-electron chi connectivity index (χ4n) is 3.04. The zero-order chi connectivity index (χ0) is 17.9. The third kappa shape index (κ3) is 3.38. The van der Waals surface area contributed by atoms with Gasteiger partial charge in [0.1, 0.15) is 24.0 Å². The summed E-state index contributed by atoms with van der Waals surface area (Å²) in [6, 6.07) is 5.36. The van der Waals surface area contributed by atoms with Gasteiger partial charge in [-0.3, -0.25) is 9.69 Å². The molecule has 0 saturated carbocycles. The number of aryl methyl sites for hydroxylation is 2. The minimum atomic E-state index is -0.941. The molecule has 6 nitrogen and oxygen atoms in total. The van der Waals surface area contributed by atoms with Crippen molar-refractivity contribution >= 4 is 11.9 Å². The van der Waals surface area contributed by atoms with E-state index in [-0.39, 0.29) is 19.1 Å². The van der Waals surface area contributed by atoms with Crippen LogP contribution in [0.1, 0.15) is 37.8 Å². The smallest absolute Gasteiger partial charge is 0.325 e. The van der Waals surface area contributed by atoms with Crippen molar-refractivity contribution in [1.29, 1.82) is 0 Å². The monoisotopic (exact) mass is 334 g/mol. The van der Waals surface area contributed by atoms with Crippen LogP contribution in [0.5, 0.6) is 5.75 Å². The molecule has 1 atom stereocenters. The molecule has 24 heavy (non-hydrogen) atoms. The van der Waals surface area contributed by atoms with Crippen LogP contribution in [0.3, 0.4) is 0 Å². The largest absolute Gasteiger partial charge is 0.490 e. The fourth-order valence-corrected chi connectivity index (χ4v) is 3.04. The summed E-state index contributed by atoms with van der Waals surface area (Å²) in [6.07, 6.45) is 0.113. The molecule has 1 aliphatic heterocycles. The topological polar surface area (TPSA) is 78.9 Å². The summed E-state index contributed by atoms with van der Waals surface area (Å²) in [5.41, 5.74) is 1.12. The molecule has 0 unspecified atom stereocenters. The first kappa shape index (κ1) is 18.3. The summed E-state index contributed by atoms with van der Waals surface area (Å²) in [5.74, 6) is 0.453. The second kappa shape index (κ2) is 7.21. The number of imide groups is 1. The third-order valence-corrected chi connectivity index (χ3v) is 4.68. The van der Waals surface area contributed by atoms with Crippen LogP contribution in [-0.2, 0) is 4.79 Å². The lowest BCUT2D eigenvalue weighted by molar-refractivity contribution is -0.132. The molecule has 1 aliphatic rings. The molecule has 6 heteroatoms. The van der Waals surface area contributed by atoms with E-state index in [1.165, 1.54) is 0 Å². The van der Waals surface area contributed by atoms with Gasteiger partial charge in [0.15, 0.2) is 0 Å². The SMILES string of the molecule is CCC1(CC)NC(=O)N(C[C@H](O)COc2c(C)cccc2C)C1=O. The van der Waals surface area contributed by atoms with Crippen molar-refractivity contribution in [3.05, 3.63) is 29.3 Å². The summed E-state index contributed by atoms with van der Waals surface area (Å²) in [7, 11) is 0. The van der Waals surface area contributed by atoms with Crippen LogP contribution in [0.15, 0.2) is 18.2 Å². The molecule has 3 amide bonds. The standard InChI is InChI=1S/C18H26N2O4/c1-5-18(6-2)16(22)20(17(23)19-18)10-14(21)11-24-15-12(3)8-7-9-13(15)4/h7-9,14,21H,5-6,10-11H2,1-4H3,(H,19,23)/t14-/m0/s1. The maximum absolute atomic E-state index is 12.5. The Balaban J connectivity index is 1.99. The van der Waals surface area contributed by atoms with Gasteiger partial charge in [-0.15, -0.1) is 0 Å². The summed E-state index contributed by atoms with van der Waals surface area (Å²) in [5, 5.41) is 13.0. The van der Waals surface area contributed by atoms with E-state index in [4.69, 9.17) is 4.74 Å². The Hall–Kier alpha value is -2.08. The Morgan fingerprint density at radius 2 is 1.79 bits per heavy atom. The summed E-state index contributed by atoms with van der Waals surface area (Å²) >= 11 is 0. The van der Waals surface area contributed by atoms with Crippen molar-refractivity contribution in [1.82, 2.24) is 10.2 Å². The Morgan fingerprint density at radius 1 is 1.21 bits per heavy atom. The number of nitrogens with one attached hydrogen (secondary N) is 1. The molecule has 132 valence electrons. The Kier molecular flexibility index (Phi) is 5.49. The first-order valence-electron chi connectivity index (χ1n) is 8.35. The molecular formula is C18H26N2O4. The van der Waals surface area contributed by atoms with Crippen LogP contribution >= 0.6 is 0 Å². The van der Waals surface area contributed by atoms with Crippen molar-refractivity contribution in [3.63, 3.8) is 0 Å². The average Bonchev–Trinajstić information content (AvgIpc) is 2.79. The molecule has 0 aliphatic carbocycles. The number of hydrogen-bond acceptors (Lipinski definition) is 4. The van der Waals surface area contributed by atoms with E-state index in [1.54, 1.807) is 0 Å². The fraction of sp³-hybridized carbons (Fsp3) is 0.556. The van der Waals surface area contributed by atoms with E-state index in [9.17, 15) is 14.7 Å². The molecular weight excluding hydrogens is 308 g/mol. The maximum atomic E-state index is 12.5. The van der Waals surface area contributed by atoms with Crippen LogP contribution in [0.2, 0.25) is 0 Å². The highest BCUT2D eigenvalue weighted by molar-refractivity contribution is 6.07. The Morgan fingerprint density at radius 3 is 2.29 bits per heavy atom. The lowest BCUT2D eigenvalue weighted by Gasteiger charge is -2.24. The van der Waals surface area contributed by atoms with Gasteiger partial charge < -0.3 is 15.2 Å². The first-order valence-corrected chi connectivity index (χ1v) is 8.35. The van der Waals surface area contributed by atoms with Gasteiger partial charge in [0, 0.05) is 0 Å². The number of β-amino-alcohol motifs (C(OH)–C–C–N with tert-alkyl or cyclic N) is 1. The van der Waals surface area contributed by atoms with Crippen LogP contribution < -0.4 is 10.1 Å². The molecule has 0 bridgehead atoms. The number of aliphatic hydroxyl groups excluding tert-OH is 1. The van der Waals surface area contributed by atoms with E-state index in [1.807, 2.05) is 45.9 Å². The number of urea groups is 1. The second-order valence-electron chi connectivity index (χ2n) is 6.32. The second-order valence-corrected chi connectivity index (χ2v) is 6.32. The number of rotatable bonds is 7. The number of hydrogen-bond donors (Lipinski definition) is 2. The summed E-state index contributed by atoms with van der Waals surface area (Å²) in [6.45, 7) is 7.55. The number of nitrogens with zero attached hydrogens (tertiary/aromatic N) is 1. The molecule has 1 heterocycles. The van der Waals surface area contributed by atoms with Gasteiger partial charge in [-0.1, -0.05) is 32.0 Å². The molecule has 0 spiro atoms. The molecule has 0 aromatic heterocycles. The molecule has 1 aromatic carbocycles. The predicted molar refractivity (Wildman–Crippen MR) is 91.0 cm³/mol. The zero-order valence-electron chi connectivity index (χ0n) is 14.8. The van der Waals surface area contributed by atoms with Crippen molar-refractivity contribution in [3.8, 4) is 5.75 Å². The van der Waals surface area contributed by atoms with Gasteiger partial charge in [-0.05, 0) is 37.8 Å². The van der Waals surface area contributed by atoms with E-state index in [2.05, 4.69) is 5.32 Å². The van der Waals surface area contributed by atoms with Crippen molar-refractivity contribution in [2.45, 2.75) is 52.2 Å². The summed E-state index contributed by atoms with van der Waals surface area (Å²) in [4.78, 5) is 25.7. The van der Waals surface area contributed by atoms with Crippen LogP contribution in [-0.4, -0.2) is 46.7 Å². The van der Waals surface area contributed by atoms with Crippen LogP contribution in [0.4, 0.5) is 4.79 Å². The van der Waals surface area contributed by atoms with Gasteiger partial charge in [0.05, 0.1) is 6.54 Å². The quantitative estimate of drug-likeness (QED) is 0.749.